The monoisotopic (exact) mass is 278 g/mol. The average molecular weight is 278 g/mol. The third-order valence-electron chi connectivity index (χ3n) is 4.07. The maximum Gasteiger partial charge on any atom is 0.496 e. The summed E-state index contributed by atoms with van der Waals surface area (Å²) in [4.78, 5) is 4.12. The van der Waals surface area contributed by atoms with Gasteiger partial charge in [-0.1, -0.05) is 0 Å². The van der Waals surface area contributed by atoms with Crippen LogP contribution in [-0.2, 0) is 15.7 Å². The van der Waals surface area contributed by atoms with E-state index in [1.165, 1.54) is 0 Å². The van der Waals surface area contributed by atoms with E-state index in [0.717, 1.165) is 11.0 Å². The molecule has 1 aromatic rings. The van der Waals surface area contributed by atoms with E-state index in [1.807, 2.05) is 27.7 Å². The lowest BCUT2D eigenvalue weighted by Crippen LogP contribution is -2.41. The molecule has 0 radical (unpaired) electrons. The molecular weight excluding hydrogens is 255 g/mol. The summed E-state index contributed by atoms with van der Waals surface area (Å²) in [5.41, 5.74) is 6.67. The van der Waals surface area contributed by atoms with Crippen LogP contribution in [0.3, 0.4) is 0 Å². The van der Waals surface area contributed by atoms with E-state index in [2.05, 4.69) is 4.98 Å². The number of aromatic nitrogens is 1. The molecule has 0 spiro atoms. The topological polar surface area (TPSA) is 77.6 Å². The van der Waals surface area contributed by atoms with Gasteiger partial charge >= 0.3 is 7.12 Å². The fourth-order valence-corrected chi connectivity index (χ4v) is 2.20. The second kappa shape index (κ2) is 5.02. The van der Waals surface area contributed by atoms with Gasteiger partial charge in [0, 0.05) is 11.7 Å². The first-order chi connectivity index (χ1) is 9.12. The van der Waals surface area contributed by atoms with Crippen molar-refractivity contribution in [1.82, 2.24) is 4.98 Å². The number of pyridine rings is 1. The predicted molar refractivity (Wildman–Crippen MR) is 79.8 cm³/mol. The molecule has 1 unspecified atom stereocenters. The molecule has 1 fully saturated rings. The van der Waals surface area contributed by atoms with Crippen molar-refractivity contribution in [2.24, 2.45) is 0 Å². The molecule has 1 aliphatic rings. The summed E-state index contributed by atoms with van der Waals surface area (Å²) in [7, 11) is -0.484. The summed E-state index contributed by atoms with van der Waals surface area (Å²) < 4.78 is 12.1. The summed E-state index contributed by atoms with van der Waals surface area (Å²) in [6.07, 6.45) is 1.71. The van der Waals surface area contributed by atoms with Gasteiger partial charge in [0.15, 0.2) is 0 Å². The average Bonchev–Trinajstić information content (AvgIpc) is 2.46. The Morgan fingerprint density at radius 1 is 1.30 bits per heavy atom. The van der Waals surface area contributed by atoms with Crippen molar-refractivity contribution >= 4 is 18.4 Å². The lowest BCUT2D eigenvalue weighted by Gasteiger charge is -2.32. The maximum absolute atomic E-state index is 9.63. The largest absolute Gasteiger partial charge is 0.496 e. The molecule has 1 atom stereocenters. The summed E-state index contributed by atoms with van der Waals surface area (Å²) in [5.74, 6) is 0.431. The van der Waals surface area contributed by atoms with E-state index in [4.69, 9.17) is 15.0 Å². The molecule has 2 rings (SSSR count). The van der Waals surface area contributed by atoms with Gasteiger partial charge < -0.3 is 20.1 Å². The van der Waals surface area contributed by atoms with Crippen LogP contribution in [0.1, 0.15) is 40.2 Å². The molecule has 1 saturated heterocycles. The highest BCUT2D eigenvalue weighted by Gasteiger charge is 2.52. The van der Waals surface area contributed by atoms with Gasteiger partial charge in [-0.15, -0.1) is 0 Å². The molecule has 20 heavy (non-hydrogen) atoms. The van der Waals surface area contributed by atoms with Gasteiger partial charge in [0.2, 0.25) is 0 Å². The SMILES string of the molecule is CC(O)Cc1cc(N)ncc1B1OC(C)(C)C(C)(C)O1. The number of aliphatic hydroxyl groups excluding tert-OH is 1. The summed E-state index contributed by atoms with van der Waals surface area (Å²) >= 11 is 0. The van der Waals surface area contributed by atoms with Crippen molar-refractivity contribution < 1.29 is 14.4 Å². The summed E-state index contributed by atoms with van der Waals surface area (Å²) in [6, 6.07) is 1.77. The van der Waals surface area contributed by atoms with Gasteiger partial charge in [0.1, 0.15) is 5.82 Å². The van der Waals surface area contributed by atoms with E-state index in [-0.39, 0.29) is 0 Å². The number of nitrogens with zero attached hydrogens (tertiary/aromatic N) is 1. The van der Waals surface area contributed by atoms with Gasteiger partial charge in [-0.25, -0.2) is 4.98 Å². The number of aliphatic hydroxyl groups is 1. The Labute approximate surface area is 120 Å². The van der Waals surface area contributed by atoms with Crippen LogP contribution in [0.2, 0.25) is 0 Å². The minimum absolute atomic E-state index is 0.402. The molecule has 1 aromatic heterocycles. The smallest absolute Gasteiger partial charge is 0.399 e. The molecule has 0 bridgehead atoms. The second-order valence-electron chi connectivity index (χ2n) is 6.45. The quantitative estimate of drug-likeness (QED) is 0.803. The van der Waals surface area contributed by atoms with Gasteiger partial charge in [-0.05, 0) is 52.7 Å². The van der Waals surface area contributed by atoms with Crippen LogP contribution in [0.4, 0.5) is 5.82 Å². The lowest BCUT2D eigenvalue weighted by atomic mass is 9.76. The second-order valence-corrected chi connectivity index (χ2v) is 6.45. The highest BCUT2D eigenvalue weighted by molar-refractivity contribution is 6.62. The first-order valence-corrected chi connectivity index (χ1v) is 6.90. The fraction of sp³-hybridized carbons (Fsp3) is 0.643. The highest BCUT2D eigenvalue weighted by Crippen LogP contribution is 2.36. The third-order valence-corrected chi connectivity index (χ3v) is 4.07. The summed E-state index contributed by atoms with van der Waals surface area (Å²) in [6.45, 7) is 9.76. The molecule has 2 heterocycles. The Balaban J connectivity index is 2.34. The zero-order valence-electron chi connectivity index (χ0n) is 12.8. The molecule has 1 aliphatic heterocycles. The van der Waals surface area contributed by atoms with Gasteiger partial charge in [0.25, 0.3) is 0 Å². The van der Waals surface area contributed by atoms with Crippen LogP contribution in [0, 0.1) is 0 Å². The van der Waals surface area contributed by atoms with Crippen LogP contribution in [0.5, 0.6) is 0 Å². The van der Waals surface area contributed by atoms with Crippen LogP contribution in [0.25, 0.3) is 0 Å². The van der Waals surface area contributed by atoms with Gasteiger partial charge in [0.05, 0.1) is 17.3 Å². The molecule has 6 heteroatoms. The number of nitrogens with two attached hydrogens (primary N) is 1. The minimum Gasteiger partial charge on any atom is -0.399 e. The Hall–Kier alpha value is -1.11. The Morgan fingerprint density at radius 2 is 1.85 bits per heavy atom. The molecule has 0 amide bonds. The number of rotatable bonds is 3. The molecule has 110 valence electrons. The lowest BCUT2D eigenvalue weighted by molar-refractivity contribution is 0.00578. The summed E-state index contributed by atoms with van der Waals surface area (Å²) in [5, 5.41) is 9.63. The van der Waals surface area contributed by atoms with Crippen molar-refractivity contribution in [2.75, 3.05) is 5.73 Å². The molecule has 0 saturated carbocycles. The van der Waals surface area contributed by atoms with E-state index in [9.17, 15) is 5.11 Å². The van der Waals surface area contributed by atoms with Crippen LogP contribution in [0.15, 0.2) is 12.3 Å². The number of hydrogen-bond acceptors (Lipinski definition) is 5. The van der Waals surface area contributed by atoms with E-state index < -0.39 is 24.4 Å². The first kappa shape index (κ1) is 15.3. The maximum atomic E-state index is 9.63. The third kappa shape index (κ3) is 2.82. The van der Waals surface area contributed by atoms with Gasteiger partial charge in [-0.3, -0.25) is 0 Å². The van der Waals surface area contributed by atoms with Crippen molar-refractivity contribution in [1.29, 1.82) is 0 Å². The Kier molecular flexibility index (Phi) is 3.84. The van der Waals surface area contributed by atoms with Crippen molar-refractivity contribution in [3.05, 3.63) is 17.8 Å². The van der Waals surface area contributed by atoms with Crippen molar-refractivity contribution in [3.63, 3.8) is 0 Å². The Morgan fingerprint density at radius 3 is 2.35 bits per heavy atom. The predicted octanol–water partition coefficient (Wildman–Crippen LogP) is 0.886. The number of hydrogen-bond donors (Lipinski definition) is 2. The standard InChI is InChI=1S/C14H23BN2O3/c1-9(18)6-10-7-12(16)17-8-11(10)15-19-13(2,3)14(4,5)20-15/h7-9,18H,6H2,1-5H3,(H2,16,17). The van der Waals surface area contributed by atoms with Crippen LogP contribution in [-0.4, -0.2) is 34.5 Å². The highest BCUT2D eigenvalue weighted by atomic mass is 16.7. The number of anilines is 1. The zero-order chi connectivity index (χ0) is 15.1. The van der Waals surface area contributed by atoms with E-state index >= 15 is 0 Å². The Bertz CT molecular complexity index is 487. The van der Waals surface area contributed by atoms with Gasteiger partial charge in [-0.2, -0.15) is 0 Å². The molecule has 0 aromatic carbocycles. The minimum atomic E-state index is -0.484. The van der Waals surface area contributed by atoms with E-state index in [0.29, 0.717) is 12.2 Å². The van der Waals surface area contributed by atoms with Crippen LogP contribution >= 0.6 is 0 Å². The normalized spacial score (nSPS) is 22.0. The van der Waals surface area contributed by atoms with E-state index in [1.54, 1.807) is 19.2 Å². The molecule has 0 aliphatic carbocycles. The van der Waals surface area contributed by atoms with Crippen LogP contribution < -0.4 is 11.2 Å². The molecular formula is C14H23BN2O3. The molecule has 5 nitrogen and oxygen atoms in total. The fourth-order valence-electron chi connectivity index (χ4n) is 2.20. The van der Waals surface area contributed by atoms with Crippen molar-refractivity contribution in [3.8, 4) is 0 Å². The number of nitrogen functional groups attached to an aromatic ring is 1. The zero-order valence-corrected chi connectivity index (χ0v) is 12.8. The molecule has 3 N–H and O–H groups in total. The first-order valence-electron chi connectivity index (χ1n) is 6.90. The van der Waals surface area contributed by atoms with Crippen molar-refractivity contribution in [2.45, 2.75) is 58.3 Å².